The molecule has 6 nitrogen and oxygen atoms in total. The Kier molecular flexibility index (Phi) is 6.46. The van der Waals surface area contributed by atoms with Crippen molar-refractivity contribution in [2.45, 2.75) is 49.3 Å². The summed E-state index contributed by atoms with van der Waals surface area (Å²) in [5.74, 6) is 0.309. The van der Waals surface area contributed by atoms with Crippen molar-refractivity contribution in [3.8, 4) is 10.6 Å². The molecule has 36 heavy (non-hydrogen) atoms. The summed E-state index contributed by atoms with van der Waals surface area (Å²) in [7, 11) is -3.79. The van der Waals surface area contributed by atoms with Gasteiger partial charge < -0.3 is 5.32 Å². The number of aromatic nitrogens is 1. The van der Waals surface area contributed by atoms with Crippen LogP contribution in [0.25, 0.3) is 20.8 Å². The van der Waals surface area contributed by atoms with Gasteiger partial charge in [0.2, 0.25) is 5.91 Å². The van der Waals surface area contributed by atoms with Crippen molar-refractivity contribution in [2.24, 2.45) is 5.92 Å². The smallest absolute Gasteiger partial charge is 0.253 e. The van der Waals surface area contributed by atoms with E-state index in [0.717, 1.165) is 56.4 Å². The molecule has 6 rings (SSSR count). The van der Waals surface area contributed by atoms with E-state index in [1.165, 1.54) is 20.8 Å². The van der Waals surface area contributed by atoms with E-state index in [2.05, 4.69) is 18.3 Å². The van der Waals surface area contributed by atoms with Gasteiger partial charge in [-0.2, -0.15) is 4.31 Å². The quantitative estimate of drug-likeness (QED) is 0.288. The molecule has 0 saturated carbocycles. The van der Waals surface area contributed by atoms with Gasteiger partial charge in [-0.15, -0.1) is 34.0 Å². The van der Waals surface area contributed by atoms with Gasteiger partial charge in [-0.05, 0) is 67.9 Å². The van der Waals surface area contributed by atoms with Crippen molar-refractivity contribution in [1.29, 1.82) is 0 Å². The standard InChI is InChI=1S/C25H24ClN3O3S4/c1-14-8-9-15-19(13-14)34-25(22(15)24-27-16-5-2-3-7-18(16)33-24)28-23(30)17-6-4-12-29(17)36(31,32)21-11-10-20(26)35-21/h2-3,5,7,10-11,14,17H,4,6,8-9,12-13H2,1H3,(H,28,30). The number of fused-ring (bicyclic) bond motifs is 2. The average molecular weight is 578 g/mol. The number of amides is 1. The van der Waals surface area contributed by atoms with Crippen LogP contribution in [0.5, 0.6) is 0 Å². The van der Waals surface area contributed by atoms with Gasteiger partial charge in [-0.25, -0.2) is 13.4 Å². The highest BCUT2D eigenvalue weighted by Gasteiger charge is 2.41. The summed E-state index contributed by atoms with van der Waals surface area (Å²) < 4.78 is 29.6. The first kappa shape index (κ1) is 24.5. The van der Waals surface area contributed by atoms with Crippen molar-refractivity contribution < 1.29 is 13.2 Å². The molecule has 2 atom stereocenters. The summed E-state index contributed by atoms with van der Waals surface area (Å²) in [5.41, 5.74) is 3.23. The third-order valence-electron chi connectivity index (χ3n) is 6.87. The molecule has 0 radical (unpaired) electrons. The molecule has 1 aromatic carbocycles. The van der Waals surface area contributed by atoms with Crippen LogP contribution in [0.1, 0.15) is 36.6 Å². The number of rotatable bonds is 5. The fourth-order valence-corrected chi connectivity index (χ4v) is 10.9. The molecule has 1 amide bonds. The van der Waals surface area contributed by atoms with E-state index in [1.807, 2.05) is 18.2 Å². The van der Waals surface area contributed by atoms with E-state index in [1.54, 1.807) is 28.7 Å². The zero-order chi connectivity index (χ0) is 25.0. The second kappa shape index (κ2) is 9.49. The number of para-hydroxylation sites is 1. The number of hydrogen-bond acceptors (Lipinski definition) is 7. The molecule has 1 fully saturated rings. The van der Waals surface area contributed by atoms with Crippen LogP contribution in [0.2, 0.25) is 4.34 Å². The lowest BCUT2D eigenvalue weighted by molar-refractivity contribution is -0.119. The Morgan fingerprint density at radius 3 is 2.75 bits per heavy atom. The number of hydrogen-bond donors (Lipinski definition) is 1. The van der Waals surface area contributed by atoms with Crippen LogP contribution in [0, 0.1) is 5.92 Å². The molecular weight excluding hydrogens is 554 g/mol. The van der Waals surface area contributed by atoms with Gasteiger partial charge in [0, 0.05) is 17.0 Å². The van der Waals surface area contributed by atoms with Gasteiger partial charge in [0.1, 0.15) is 20.3 Å². The molecule has 188 valence electrons. The molecule has 1 N–H and O–H groups in total. The van der Waals surface area contributed by atoms with Crippen molar-refractivity contribution in [2.75, 3.05) is 11.9 Å². The molecule has 0 spiro atoms. The Balaban J connectivity index is 1.35. The fourth-order valence-electron chi connectivity index (χ4n) is 5.08. The predicted octanol–water partition coefficient (Wildman–Crippen LogP) is 6.66. The maximum atomic E-state index is 13.6. The van der Waals surface area contributed by atoms with E-state index in [4.69, 9.17) is 16.6 Å². The maximum Gasteiger partial charge on any atom is 0.253 e. The van der Waals surface area contributed by atoms with Crippen molar-refractivity contribution >= 4 is 76.8 Å². The summed E-state index contributed by atoms with van der Waals surface area (Å²) in [4.78, 5) is 19.8. The van der Waals surface area contributed by atoms with Crippen molar-refractivity contribution in [3.63, 3.8) is 0 Å². The SMILES string of the molecule is CC1CCc2c(sc(NC(=O)C3CCCN3S(=O)(=O)c3ccc(Cl)s3)c2-c2nc3ccccc3s2)C1. The Labute approximate surface area is 227 Å². The maximum absolute atomic E-state index is 13.6. The van der Waals surface area contributed by atoms with E-state index in [0.29, 0.717) is 29.6 Å². The summed E-state index contributed by atoms with van der Waals surface area (Å²) in [6, 6.07) is 10.4. The molecule has 4 aromatic rings. The summed E-state index contributed by atoms with van der Waals surface area (Å²) in [6.07, 6.45) is 4.17. The summed E-state index contributed by atoms with van der Waals surface area (Å²) in [6.45, 7) is 2.58. The number of nitrogens with zero attached hydrogens (tertiary/aromatic N) is 2. The lowest BCUT2D eigenvalue weighted by Crippen LogP contribution is -2.42. The highest BCUT2D eigenvalue weighted by atomic mass is 35.5. The summed E-state index contributed by atoms with van der Waals surface area (Å²) in [5, 5.41) is 4.83. The lowest BCUT2D eigenvalue weighted by Gasteiger charge is -2.22. The number of carbonyl (C=O) groups is 1. The van der Waals surface area contributed by atoms with Crippen LogP contribution < -0.4 is 5.32 Å². The monoisotopic (exact) mass is 577 g/mol. The van der Waals surface area contributed by atoms with Crippen LogP contribution in [-0.4, -0.2) is 36.2 Å². The molecule has 2 aliphatic rings. The first-order chi connectivity index (χ1) is 17.3. The fraction of sp³-hybridized carbons (Fsp3) is 0.360. The summed E-state index contributed by atoms with van der Waals surface area (Å²) >= 11 is 10.3. The number of anilines is 1. The molecule has 1 aliphatic heterocycles. The Hall–Kier alpha value is -1.82. The molecule has 11 heteroatoms. The van der Waals surface area contributed by atoms with E-state index in [9.17, 15) is 13.2 Å². The van der Waals surface area contributed by atoms with Crippen LogP contribution in [-0.2, 0) is 27.7 Å². The van der Waals surface area contributed by atoms with Crippen LogP contribution in [0.15, 0.2) is 40.6 Å². The van der Waals surface area contributed by atoms with Crippen LogP contribution in [0.4, 0.5) is 5.00 Å². The van der Waals surface area contributed by atoms with Gasteiger partial charge in [0.15, 0.2) is 0 Å². The zero-order valence-corrected chi connectivity index (χ0v) is 23.5. The number of carbonyl (C=O) groups excluding carboxylic acids is 1. The minimum atomic E-state index is -3.79. The number of sulfonamides is 1. The molecule has 1 saturated heterocycles. The lowest BCUT2D eigenvalue weighted by atomic mass is 9.88. The minimum Gasteiger partial charge on any atom is -0.316 e. The molecule has 1 aliphatic carbocycles. The largest absolute Gasteiger partial charge is 0.316 e. The Morgan fingerprint density at radius 1 is 1.14 bits per heavy atom. The highest BCUT2D eigenvalue weighted by Crippen LogP contribution is 2.47. The highest BCUT2D eigenvalue weighted by molar-refractivity contribution is 7.91. The van der Waals surface area contributed by atoms with Crippen molar-refractivity contribution in [1.82, 2.24) is 9.29 Å². The van der Waals surface area contributed by atoms with E-state index >= 15 is 0 Å². The second-order valence-electron chi connectivity index (χ2n) is 9.36. The molecule has 4 heterocycles. The predicted molar refractivity (Wildman–Crippen MR) is 149 cm³/mol. The van der Waals surface area contributed by atoms with Gasteiger partial charge in [-0.1, -0.05) is 30.7 Å². The number of benzene rings is 1. The zero-order valence-electron chi connectivity index (χ0n) is 19.5. The minimum absolute atomic E-state index is 0.169. The van der Waals surface area contributed by atoms with Gasteiger partial charge >= 0.3 is 0 Å². The topological polar surface area (TPSA) is 79.4 Å². The van der Waals surface area contributed by atoms with Crippen LogP contribution >= 0.6 is 45.6 Å². The second-order valence-corrected chi connectivity index (χ2v) is 15.3. The Morgan fingerprint density at radius 2 is 1.97 bits per heavy atom. The molecular formula is C25H24ClN3O3S4. The normalized spacial score (nSPS) is 20.6. The number of thiazole rings is 1. The first-order valence-corrected chi connectivity index (χ1v) is 16.2. The van der Waals surface area contributed by atoms with Crippen molar-refractivity contribution in [3.05, 3.63) is 51.2 Å². The van der Waals surface area contributed by atoms with Gasteiger partial charge in [0.25, 0.3) is 10.0 Å². The molecule has 2 unspecified atom stereocenters. The first-order valence-electron chi connectivity index (χ1n) is 11.9. The van der Waals surface area contributed by atoms with Crippen LogP contribution in [0.3, 0.4) is 0 Å². The van der Waals surface area contributed by atoms with Gasteiger partial charge in [-0.3, -0.25) is 4.79 Å². The third-order valence-corrected chi connectivity index (χ3v) is 12.7. The Bertz CT molecular complexity index is 1540. The number of nitrogens with one attached hydrogen (secondary N) is 1. The van der Waals surface area contributed by atoms with E-state index < -0.39 is 16.1 Å². The number of halogens is 1. The number of thiophene rings is 2. The average Bonchev–Trinajstić information content (AvgIpc) is 3.63. The van der Waals surface area contributed by atoms with E-state index in [-0.39, 0.29) is 10.1 Å². The van der Waals surface area contributed by atoms with Gasteiger partial charge in [0.05, 0.1) is 14.6 Å². The third kappa shape index (κ3) is 4.31. The molecule has 3 aromatic heterocycles. The molecule has 0 bridgehead atoms.